The molecule has 2 aliphatic heterocycles. The molecule has 1 amide bonds. The average molecular weight is 635 g/mol. The van der Waals surface area contributed by atoms with Crippen LogP contribution in [0.1, 0.15) is 16.1 Å². The summed E-state index contributed by atoms with van der Waals surface area (Å²) in [6, 6.07) is 6.47. The van der Waals surface area contributed by atoms with Gasteiger partial charge in [0, 0.05) is 0 Å². The number of benzene rings is 1. The number of anilines is 2. The topological polar surface area (TPSA) is 100 Å². The number of aromatic nitrogens is 2. The Morgan fingerprint density at radius 3 is 3.13 bits per heavy atom. The predicted molar refractivity (Wildman–Crippen MR) is 99.0 cm³/mol. The normalized spacial score (nSPS) is 17.9. The van der Waals surface area contributed by atoms with Crippen LogP contribution in [0.25, 0.3) is 11.3 Å². The van der Waals surface area contributed by atoms with Gasteiger partial charge >= 0.3 is 194 Å². The van der Waals surface area contributed by atoms with E-state index in [1.165, 1.54) is 13.2 Å². The van der Waals surface area contributed by atoms with Gasteiger partial charge in [-0.15, -0.1) is 0 Å². The molecule has 0 saturated heterocycles. The molecular weight excluding hydrogens is 619 g/mol. The Morgan fingerprint density at radius 2 is 2.27 bits per heavy atom. The molecular formula is C19H16FI2N5O3-2. The number of hydrogen-bond acceptors (Lipinski definition) is 6. The van der Waals surface area contributed by atoms with Crippen molar-refractivity contribution in [3.8, 4) is 22.8 Å². The van der Waals surface area contributed by atoms with Crippen molar-refractivity contribution in [3.05, 3.63) is 53.7 Å². The van der Waals surface area contributed by atoms with Gasteiger partial charge in [-0.3, -0.25) is 0 Å². The molecule has 3 aromatic rings. The molecule has 0 spiro atoms. The second-order valence-electron chi connectivity index (χ2n) is 6.53. The molecule has 30 heavy (non-hydrogen) atoms. The fourth-order valence-electron chi connectivity index (χ4n) is 3.51. The van der Waals surface area contributed by atoms with Gasteiger partial charge in [0.15, 0.2) is 0 Å². The SMILES string of the molecule is COc1c(F)cccc1Nc1c2[nH]c3c1C(=O)N[C@@H](C3)[I-]N[I-]Oc1cnccc1-2. The molecule has 0 aliphatic carbocycles. The molecule has 158 valence electrons. The molecule has 4 heterocycles. The van der Waals surface area contributed by atoms with Crippen LogP contribution in [-0.2, 0) is 6.42 Å². The average Bonchev–Trinajstić information content (AvgIpc) is 3.08. The summed E-state index contributed by atoms with van der Waals surface area (Å²) in [5, 5.41) is 6.33. The van der Waals surface area contributed by atoms with Gasteiger partial charge in [0.1, 0.15) is 0 Å². The molecule has 1 aromatic carbocycles. The summed E-state index contributed by atoms with van der Waals surface area (Å²) in [6.07, 6.45) is 4.04. The first-order valence-corrected chi connectivity index (χ1v) is 13.2. The summed E-state index contributed by atoms with van der Waals surface area (Å²) in [4.78, 5) is 20.6. The van der Waals surface area contributed by atoms with Crippen molar-refractivity contribution in [1.29, 1.82) is 0 Å². The van der Waals surface area contributed by atoms with E-state index in [0.29, 0.717) is 34.8 Å². The van der Waals surface area contributed by atoms with Crippen molar-refractivity contribution in [2.45, 2.75) is 10.5 Å². The van der Waals surface area contributed by atoms with Crippen LogP contribution in [-0.4, -0.2) is 27.0 Å². The summed E-state index contributed by atoms with van der Waals surface area (Å²) in [5.74, 6) is 0.0786. The molecule has 5 rings (SSSR count). The number of H-pyrrole nitrogens is 1. The third-order valence-corrected chi connectivity index (χ3v) is 10.1. The third-order valence-electron chi connectivity index (χ3n) is 4.78. The van der Waals surface area contributed by atoms with Crippen molar-refractivity contribution >= 4 is 17.3 Å². The number of methoxy groups -OCH3 is 1. The van der Waals surface area contributed by atoms with Gasteiger partial charge in [0.25, 0.3) is 0 Å². The number of nitrogens with zero attached hydrogens (tertiary/aromatic N) is 1. The first-order valence-electron chi connectivity index (χ1n) is 8.93. The van der Waals surface area contributed by atoms with Crippen LogP contribution < -0.4 is 63.6 Å². The first-order chi connectivity index (χ1) is 14.7. The number of carbonyl (C=O) groups is 1. The monoisotopic (exact) mass is 635 g/mol. The van der Waals surface area contributed by atoms with Gasteiger partial charge in [-0.05, 0) is 0 Å². The van der Waals surface area contributed by atoms with Crippen molar-refractivity contribution in [3.63, 3.8) is 0 Å². The van der Waals surface area contributed by atoms with Crippen molar-refractivity contribution < 1.29 is 60.4 Å². The summed E-state index contributed by atoms with van der Waals surface area (Å²) in [6.45, 7) is 0. The van der Waals surface area contributed by atoms with E-state index >= 15 is 0 Å². The first kappa shape index (κ1) is 19.8. The quantitative estimate of drug-likeness (QED) is 0.103. The number of rotatable bonds is 3. The Bertz CT molecular complexity index is 1140. The van der Waals surface area contributed by atoms with Gasteiger partial charge < -0.3 is 0 Å². The Hall–Kier alpha value is -2.13. The third kappa shape index (κ3) is 3.47. The minimum absolute atomic E-state index is 0.0643. The molecule has 0 saturated carbocycles. The number of hydrogen-bond donors (Lipinski definition) is 4. The number of halogens is 3. The van der Waals surface area contributed by atoms with E-state index in [1.54, 1.807) is 24.5 Å². The number of carbonyl (C=O) groups excluding carboxylic acids is 1. The molecule has 8 nitrogen and oxygen atoms in total. The van der Waals surface area contributed by atoms with Crippen LogP contribution in [0.15, 0.2) is 36.7 Å². The van der Waals surface area contributed by atoms with Gasteiger partial charge in [0.05, 0.1) is 0 Å². The second kappa shape index (κ2) is 8.19. The van der Waals surface area contributed by atoms with Crippen molar-refractivity contribution in [2.24, 2.45) is 0 Å². The molecule has 0 radical (unpaired) electrons. The van der Waals surface area contributed by atoms with Crippen LogP contribution in [0.2, 0.25) is 0 Å². The number of alkyl halides is 1. The maximum absolute atomic E-state index is 14.3. The molecule has 4 N–H and O–H groups in total. The number of pyridine rings is 1. The molecule has 0 unspecified atom stereocenters. The summed E-state index contributed by atoms with van der Waals surface area (Å²) in [5.41, 5.74) is 3.84. The Balaban J connectivity index is 1.72. The molecule has 2 aliphatic rings. The number of ether oxygens (including phenoxy) is 1. The van der Waals surface area contributed by atoms with Crippen LogP contribution in [0.5, 0.6) is 11.5 Å². The van der Waals surface area contributed by atoms with Crippen molar-refractivity contribution in [1.82, 2.24) is 17.0 Å². The van der Waals surface area contributed by atoms with Gasteiger partial charge in [-0.1, -0.05) is 0 Å². The van der Waals surface area contributed by atoms with E-state index in [-0.39, 0.29) is 15.7 Å². The molecule has 1 atom stereocenters. The zero-order chi connectivity index (χ0) is 20.7. The van der Waals surface area contributed by atoms with Gasteiger partial charge in [-0.25, -0.2) is 0 Å². The minimum atomic E-state index is -0.727. The fraction of sp³-hybridized carbons (Fsp3) is 0.158. The van der Waals surface area contributed by atoms with Crippen LogP contribution in [0, 0.1) is 5.82 Å². The molecule has 2 aromatic heterocycles. The Morgan fingerprint density at radius 1 is 1.37 bits per heavy atom. The Labute approximate surface area is 193 Å². The summed E-state index contributed by atoms with van der Waals surface area (Å²) < 4.78 is 29.0. The summed E-state index contributed by atoms with van der Waals surface area (Å²) >= 11 is -1.20. The number of para-hydroxylation sites is 1. The molecule has 11 heteroatoms. The van der Waals surface area contributed by atoms with E-state index in [4.69, 9.17) is 7.80 Å². The maximum atomic E-state index is 14.3. The van der Waals surface area contributed by atoms with E-state index < -0.39 is 49.2 Å². The number of fused-ring (bicyclic) bond motifs is 4. The van der Waals surface area contributed by atoms with E-state index in [0.717, 1.165) is 11.3 Å². The van der Waals surface area contributed by atoms with E-state index in [2.05, 4.69) is 22.3 Å². The Kier molecular flexibility index (Phi) is 5.41. The number of amides is 1. The van der Waals surface area contributed by atoms with Crippen molar-refractivity contribution in [2.75, 3.05) is 12.4 Å². The summed E-state index contributed by atoms with van der Waals surface area (Å²) in [7, 11) is 1.41. The second-order valence-corrected chi connectivity index (χ2v) is 12.7. The van der Waals surface area contributed by atoms with Crippen LogP contribution in [0.3, 0.4) is 0 Å². The fourth-order valence-corrected chi connectivity index (χ4v) is 8.77. The van der Waals surface area contributed by atoms with Crippen LogP contribution in [0.4, 0.5) is 15.8 Å². The van der Waals surface area contributed by atoms with Gasteiger partial charge in [-0.2, -0.15) is 0 Å². The van der Waals surface area contributed by atoms with E-state index in [1.807, 2.05) is 6.07 Å². The number of nitrogens with one attached hydrogen (secondary N) is 4. The number of aromatic amines is 1. The van der Waals surface area contributed by atoms with Crippen LogP contribution >= 0.6 is 0 Å². The molecule has 0 fully saturated rings. The molecule has 3 bridgehead atoms. The standard InChI is InChI=1S/C19H16FI2N5O3/c1-29-18-10(20)3-2-4-11(18)24-17-15-12-7-14(26-19(15)28)21-27-22-30-13-8-23-6-5-9(13)16(17)25-12/h2-6,8,14,24-25,27H,7H2,1H3,(H,26,28)/q-2/t14-/m0/s1. The van der Waals surface area contributed by atoms with E-state index in [9.17, 15) is 9.18 Å². The van der Waals surface area contributed by atoms with Gasteiger partial charge in [0.2, 0.25) is 0 Å². The zero-order valence-corrected chi connectivity index (χ0v) is 19.9. The zero-order valence-electron chi connectivity index (χ0n) is 15.6. The predicted octanol–water partition coefficient (Wildman–Crippen LogP) is -3.51.